The van der Waals surface area contributed by atoms with Crippen molar-refractivity contribution in [1.82, 2.24) is 20.0 Å². The van der Waals surface area contributed by atoms with Crippen molar-refractivity contribution in [2.24, 2.45) is 0 Å². The lowest BCUT2D eigenvalue weighted by Gasteiger charge is -2.24. The van der Waals surface area contributed by atoms with Gasteiger partial charge >= 0.3 is 12.1 Å². The fourth-order valence-corrected chi connectivity index (χ4v) is 3.99. The number of hydrogen-bond donors (Lipinski definition) is 1. The zero-order valence-corrected chi connectivity index (χ0v) is 19.0. The number of likely N-dealkylation sites (N-methyl/N-ethyl adjacent to an activating group) is 1. The molecule has 0 saturated heterocycles. The Balaban J connectivity index is 1.79. The number of amides is 1. The molecule has 11 heteroatoms. The smallest absolute Gasteiger partial charge is 0.434 e. The van der Waals surface area contributed by atoms with Gasteiger partial charge in [0.2, 0.25) is 0 Å². The first-order valence-electron chi connectivity index (χ1n) is 10.0. The first-order valence-corrected chi connectivity index (χ1v) is 11.0. The lowest BCUT2D eigenvalue weighted by molar-refractivity contribution is -0.143. The summed E-state index contributed by atoms with van der Waals surface area (Å²) in [7, 11) is 3.83. The second-order valence-electron chi connectivity index (χ2n) is 7.33. The number of carbonyl (C=O) groups is 2. The molecule has 0 bridgehead atoms. The van der Waals surface area contributed by atoms with Gasteiger partial charge in [-0.3, -0.25) is 4.79 Å². The lowest BCUT2D eigenvalue weighted by Crippen LogP contribution is -2.34. The van der Waals surface area contributed by atoms with E-state index < -0.39 is 23.4 Å². The number of thiophene rings is 1. The fraction of sp³-hybridized carbons (Fsp3) is 0.318. The van der Waals surface area contributed by atoms with Crippen molar-refractivity contribution < 1.29 is 27.5 Å². The molecule has 0 spiro atoms. The van der Waals surface area contributed by atoms with Crippen LogP contribution in [-0.4, -0.2) is 53.8 Å². The molecule has 0 aliphatic carbocycles. The number of hydrogen-bond acceptors (Lipinski definition) is 6. The van der Waals surface area contributed by atoms with E-state index in [0.717, 1.165) is 11.8 Å². The van der Waals surface area contributed by atoms with Gasteiger partial charge in [-0.05, 0) is 67.7 Å². The summed E-state index contributed by atoms with van der Waals surface area (Å²) < 4.78 is 46.3. The molecule has 0 aliphatic heterocycles. The fourth-order valence-electron chi connectivity index (χ4n) is 3.28. The molecule has 1 amide bonds. The molecule has 0 radical (unpaired) electrons. The number of alkyl halides is 3. The van der Waals surface area contributed by atoms with E-state index in [0.29, 0.717) is 11.2 Å². The predicted molar refractivity (Wildman–Crippen MR) is 118 cm³/mol. The number of ether oxygens (including phenoxy) is 1. The third-order valence-electron chi connectivity index (χ3n) is 4.91. The molecule has 2 aromatic heterocycles. The molecule has 3 aromatic rings. The van der Waals surface area contributed by atoms with Gasteiger partial charge in [0, 0.05) is 12.1 Å². The van der Waals surface area contributed by atoms with Crippen LogP contribution >= 0.6 is 11.3 Å². The zero-order valence-electron chi connectivity index (χ0n) is 18.2. The molecule has 176 valence electrons. The van der Waals surface area contributed by atoms with Gasteiger partial charge in [0.05, 0.1) is 24.5 Å². The van der Waals surface area contributed by atoms with Crippen molar-refractivity contribution in [3.8, 4) is 5.69 Å². The van der Waals surface area contributed by atoms with Crippen LogP contribution in [0.5, 0.6) is 0 Å². The van der Waals surface area contributed by atoms with Gasteiger partial charge in [-0.15, -0.1) is 0 Å². The summed E-state index contributed by atoms with van der Waals surface area (Å²) in [6.45, 7) is 1.80. The molecule has 3 rings (SSSR count). The maximum atomic E-state index is 13.7. The highest BCUT2D eigenvalue weighted by Crippen LogP contribution is 2.34. The minimum absolute atomic E-state index is 0.0146. The molecule has 1 aromatic carbocycles. The Morgan fingerprint density at radius 2 is 1.91 bits per heavy atom. The molecule has 0 saturated carbocycles. The Kier molecular flexibility index (Phi) is 7.54. The minimum atomic E-state index is -4.84. The van der Waals surface area contributed by atoms with Crippen molar-refractivity contribution in [3.63, 3.8) is 0 Å². The highest BCUT2D eigenvalue weighted by molar-refractivity contribution is 7.08. The van der Waals surface area contributed by atoms with E-state index >= 15 is 0 Å². The third kappa shape index (κ3) is 5.60. The second kappa shape index (κ2) is 10.2. The van der Waals surface area contributed by atoms with Crippen molar-refractivity contribution in [2.45, 2.75) is 19.1 Å². The first-order chi connectivity index (χ1) is 15.6. The summed E-state index contributed by atoms with van der Waals surface area (Å²) in [5.41, 5.74) is -0.486. The molecule has 0 unspecified atom stereocenters. The highest BCUT2D eigenvalue weighted by atomic mass is 32.1. The summed E-state index contributed by atoms with van der Waals surface area (Å²) in [5.74, 6) is -1.46. The van der Waals surface area contributed by atoms with Gasteiger partial charge in [-0.2, -0.15) is 29.6 Å². The van der Waals surface area contributed by atoms with Crippen LogP contribution in [0.3, 0.4) is 0 Å². The number of carbonyl (C=O) groups excluding carboxylic acids is 2. The number of rotatable bonds is 8. The highest BCUT2D eigenvalue weighted by Gasteiger charge is 2.41. The Labute approximate surface area is 192 Å². The van der Waals surface area contributed by atoms with E-state index in [-0.39, 0.29) is 29.8 Å². The predicted octanol–water partition coefficient (Wildman–Crippen LogP) is 4.16. The van der Waals surface area contributed by atoms with Crippen molar-refractivity contribution in [1.29, 1.82) is 0 Å². The van der Waals surface area contributed by atoms with Crippen LogP contribution in [0.25, 0.3) is 5.69 Å². The molecular weight excluding hydrogens is 457 g/mol. The van der Waals surface area contributed by atoms with Crippen LogP contribution in [0.2, 0.25) is 0 Å². The summed E-state index contributed by atoms with van der Waals surface area (Å²) in [6.07, 6.45) is -4.01. The molecule has 2 heterocycles. The number of esters is 1. The molecule has 1 N–H and O–H groups in total. The number of benzene rings is 1. The Morgan fingerprint density at radius 1 is 1.21 bits per heavy atom. The van der Waals surface area contributed by atoms with Crippen LogP contribution in [0.15, 0.2) is 47.3 Å². The third-order valence-corrected chi connectivity index (χ3v) is 5.62. The van der Waals surface area contributed by atoms with Crippen LogP contribution in [0.4, 0.5) is 13.2 Å². The number of aromatic nitrogens is 2. The van der Waals surface area contributed by atoms with E-state index in [1.165, 1.54) is 31.2 Å². The second-order valence-corrected chi connectivity index (χ2v) is 8.11. The van der Waals surface area contributed by atoms with Crippen LogP contribution in [0, 0.1) is 0 Å². The summed E-state index contributed by atoms with van der Waals surface area (Å²) in [6, 6.07) is 7.47. The lowest BCUT2D eigenvalue weighted by atomic mass is 10.1. The van der Waals surface area contributed by atoms with E-state index in [2.05, 4.69) is 10.4 Å². The topological polar surface area (TPSA) is 76.5 Å². The normalized spacial score (nSPS) is 12.6. The van der Waals surface area contributed by atoms with E-state index in [1.54, 1.807) is 11.3 Å². The first kappa shape index (κ1) is 24.5. The Bertz CT molecular complexity index is 1090. The van der Waals surface area contributed by atoms with Gasteiger partial charge in [-0.25, -0.2) is 9.48 Å². The maximum absolute atomic E-state index is 13.7. The standard InChI is InChI=1S/C22H23F3N4O3S/c1-4-32-21(31)17-11-27-29(19(17)22(23,24)25)16-7-5-14(6-8-16)20(30)26-12-18(28(2)3)15-9-10-33-13-15/h5-11,13,18H,4,12H2,1-3H3,(H,26,30)/t18-/m1/s1. The van der Waals surface area contributed by atoms with E-state index in [9.17, 15) is 22.8 Å². The van der Waals surface area contributed by atoms with Crippen molar-refractivity contribution in [3.05, 3.63) is 69.7 Å². The van der Waals surface area contributed by atoms with Gasteiger partial charge in [0.25, 0.3) is 5.91 Å². The largest absolute Gasteiger partial charge is 0.462 e. The quantitative estimate of drug-likeness (QED) is 0.490. The Hall–Kier alpha value is -3.18. The van der Waals surface area contributed by atoms with E-state index in [1.807, 2.05) is 35.8 Å². The molecule has 1 atom stereocenters. The molecule has 7 nitrogen and oxygen atoms in total. The van der Waals surface area contributed by atoms with Crippen LogP contribution in [-0.2, 0) is 10.9 Å². The number of nitrogens with zero attached hydrogens (tertiary/aromatic N) is 3. The van der Waals surface area contributed by atoms with E-state index in [4.69, 9.17) is 4.74 Å². The average molecular weight is 481 g/mol. The maximum Gasteiger partial charge on any atom is 0.434 e. The summed E-state index contributed by atoms with van der Waals surface area (Å²) >= 11 is 1.57. The van der Waals surface area contributed by atoms with Gasteiger partial charge in [0.1, 0.15) is 5.56 Å². The summed E-state index contributed by atoms with van der Waals surface area (Å²) in [4.78, 5) is 26.5. The van der Waals surface area contributed by atoms with Gasteiger partial charge < -0.3 is 15.0 Å². The molecular formula is C22H23F3N4O3S. The van der Waals surface area contributed by atoms with Crippen molar-refractivity contribution >= 4 is 23.2 Å². The minimum Gasteiger partial charge on any atom is -0.462 e. The number of nitrogens with one attached hydrogen (secondary N) is 1. The van der Waals surface area contributed by atoms with Gasteiger partial charge in [-0.1, -0.05) is 0 Å². The monoisotopic (exact) mass is 480 g/mol. The van der Waals surface area contributed by atoms with Crippen LogP contribution < -0.4 is 5.32 Å². The zero-order chi connectivity index (χ0) is 24.2. The van der Waals surface area contributed by atoms with Gasteiger partial charge in [0.15, 0.2) is 5.69 Å². The molecule has 0 fully saturated rings. The summed E-state index contributed by atoms with van der Waals surface area (Å²) in [5, 5.41) is 10.6. The molecule has 33 heavy (non-hydrogen) atoms. The molecule has 0 aliphatic rings. The van der Waals surface area contributed by atoms with Crippen LogP contribution in [0.1, 0.15) is 44.9 Å². The van der Waals surface area contributed by atoms with Crippen molar-refractivity contribution in [2.75, 3.05) is 27.2 Å². The number of halogens is 3. The SMILES string of the molecule is CCOC(=O)c1cnn(-c2ccc(C(=O)NC[C@H](c3ccsc3)N(C)C)cc2)c1C(F)(F)F. The average Bonchev–Trinajstić information content (AvgIpc) is 3.44. The Morgan fingerprint density at radius 3 is 2.45 bits per heavy atom.